The van der Waals surface area contributed by atoms with Gasteiger partial charge in [0, 0.05) is 20.3 Å². The van der Waals surface area contributed by atoms with Gasteiger partial charge >= 0.3 is 0 Å². The Balaban J connectivity index is 1.66. The molecule has 0 saturated carbocycles. The zero-order chi connectivity index (χ0) is 15.5. The third-order valence-electron chi connectivity index (χ3n) is 3.57. The van der Waals surface area contributed by atoms with Gasteiger partial charge in [0.05, 0.1) is 18.0 Å². The van der Waals surface area contributed by atoms with E-state index in [2.05, 4.69) is 21.2 Å². The van der Waals surface area contributed by atoms with Gasteiger partial charge in [-0.25, -0.2) is 15.8 Å². The van der Waals surface area contributed by atoms with E-state index in [0.717, 1.165) is 11.6 Å². The van der Waals surface area contributed by atoms with Crippen LogP contribution in [0.4, 0.5) is 11.5 Å². The van der Waals surface area contributed by atoms with E-state index in [1.165, 1.54) is 0 Å². The molecule has 1 aliphatic heterocycles. The highest BCUT2D eigenvalue weighted by Crippen LogP contribution is 2.25. The van der Waals surface area contributed by atoms with E-state index in [9.17, 15) is 4.79 Å². The summed E-state index contributed by atoms with van der Waals surface area (Å²) in [7, 11) is 3.78. The van der Waals surface area contributed by atoms with Crippen molar-refractivity contribution in [3.63, 3.8) is 0 Å². The number of aromatic nitrogens is 1. The number of furan rings is 1. The molecular formula is C15H19N5O2. The minimum absolute atomic E-state index is 0.00651. The maximum atomic E-state index is 12.4. The molecule has 0 spiro atoms. The van der Waals surface area contributed by atoms with Gasteiger partial charge in [0.15, 0.2) is 5.82 Å². The lowest BCUT2D eigenvalue weighted by Crippen LogP contribution is -2.39. The predicted molar refractivity (Wildman–Crippen MR) is 83.3 cm³/mol. The van der Waals surface area contributed by atoms with E-state index in [1.807, 2.05) is 37.2 Å². The normalized spacial score (nSPS) is 20.8. The van der Waals surface area contributed by atoms with Crippen molar-refractivity contribution in [1.82, 2.24) is 15.8 Å². The highest BCUT2D eigenvalue weighted by Gasteiger charge is 2.31. The summed E-state index contributed by atoms with van der Waals surface area (Å²) in [6.45, 7) is 0. The Morgan fingerprint density at radius 2 is 2.23 bits per heavy atom. The summed E-state index contributed by atoms with van der Waals surface area (Å²) in [5, 5.41) is 2.92. The number of rotatable bonds is 4. The molecule has 0 aliphatic carbocycles. The van der Waals surface area contributed by atoms with Gasteiger partial charge in [-0.05, 0) is 30.7 Å². The number of anilines is 2. The number of nitrogens with zero attached hydrogens (tertiary/aromatic N) is 2. The number of carbonyl (C=O) groups is 1. The van der Waals surface area contributed by atoms with Crippen molar-refractivity contribution in [1.29, 1.82) is 0 Å². The van der Waals surface area contributed by atoms with Crippen LogP contribution in [0, 0.1) is 0 Å². The molecule has 1 amide bonds. The van der Waals surface area contributed by atoms with Gasteiger partial charge in [-0.2, -0.15) is 0 Å². The molecule has 2 aromatic rings. The van der Waals surface area contributed by atoms with Gasteiger partial charge in [-0.3, -0.25) is 4.79 Å². The quantitative estimate of drug-likeness (QED) is 0.789. The number of carbonyl (C=O) groups excluding carboxylic acids is 1. The molecule has 2 atom stereocenters. The molecule has 1 fully saturated rings. The summed E-state index contributed by atoms with van der Waals surface area (Å²) >= 11 is 0. The Hall–Kier alpha value is -2.38. The summed E-state index contributed by atoms with van der Waals surface area (Å²) in [5.74, 6) is 1.44. The van der Waals surface area contributed by atoms with Crippen molar-refractivity contribution >= 4 is 17.4 Å². The molecule has 7 nitrogen and oxygen atoms in total. The van der Waals surface area contributed by atoms with Crippen molar-refractivity contribution in [2.75, 3.05) is 24.3 Å². The second kappa shape index (κ2) is 6.17. The smallest absolute Gasteiger partial charge is 0.243 e. The Morgan fingerprint density at radius 1 is 1.36 bits per heavy atom. The maximum Gasteiger partial charge on any atom is 0.243 e. The number of hydrogen-bond donors (Lipinski definition) is 3. The molecule has 2 unspecified atom stereocenters. The molecule has 2 aromatic heterocycles. The average Bonchev–Trinajstić information content (AvgIpc) is 3.18. The monoisotopic (exact) mass is 301 g/mol. The molecule has 22 heavy (non-hydrogen) atoms. The lowest BCUT2D eigenvalue weighted by Gasteiger charge is -2.17. The largest absolute Gasteiger partial charge is 0.468 e. The maximum absolute atomic E-state index is 12.4. The third-order valence-corrected chi connectivity index (χ3v) is 3.57. The van der Waals surface area contributed by atoms with Crippen LogP contribution >= 0.6 is 0 Å². The fourth-order valence-corrected chi connectivity index (χ4v) is 2.47. The second-order valence-corrected chi connectivity index (χ2v) is 5.40. The van der Waals surface area contributed by atoms with Crippen molar-refractivity contribution in [2.45, 2.75) is 18.5 Å². The van der Waals surface area contributed by atoms with Crippen LogP contribution in [0.1, 0.15) is 18.2 Å². The number of pyridine rings is 1. The Kier molecular flexibility index (Phi) is 4.08. The Morgan fingerprint density at radius 3 is 2.95 bits per heavy atom. The first-order valence-electron chi connectivity index (χ1n) is 7.13. The topological polar surface area (TPSA) is 82.4 Å². The van der Waals surface area contributed by atoms with E-state index in [1.54, 1.807) is 18.5 Å². The number of amides is 1. The molecule has 7 heteroatoms. The third kappa shape index (κ3) is 2.95. The zero-order valence-electron chi connectivity index (χ0n) is 12.5. The van der Waals surface area contributed by atoms with Crippen LogP contribution in [-0.4, -0.2) is 31.0 Å². The second-order valence-electron chi connectivity index (χ2n) is 5.40. The minimum atomic E-state index is -0.328. The number of hydrazine groups is 1. The highest BCUT2D eigenvalue weighted by atomic mass is 16.3. The molecule has 1 aliphatic rings. The van der Waals surface area contributed by atoms with Crippen molar-refractivity contribution in [2.24, 2.45) is 0 Å². The van der Waals surface area contributed by atoms with Crippen LogP contribution in [0.5, 0.6) is 0 Å². The van der Waals surface area contributed by atoms with Crippen LogP contribution in [0.2, 0.25) is 0 Å². The molecule has 0 bridgehead atoms. The molecule has 3 rings (SSSR count). The van der Waals surface area contributed by atoms with Crippen LogP contribution in [-0.2, 0) is 4.79 Å². The van der Waals surface area contributed by atoms with E-state index in [0.29, 0.717) is 12.1 Å². The fourth-order valence-electron chi connectivity index (χ4n) is 2.47. The summed E-state index contributed by atoms with van der Waals surface area (Å²) < 4.78 is 5.36. The highest BCUT2D eigenvalue weighted by molar-refractivity contribution is 5.97. The van der Waals surface area contributed by atoms with Gasteiger partial charge in [-0.1, -0.05) is 0 Å². The summed E-state index contributed by atoms with van der Waals surface area (Å²) in [6, 6.07) is 7.04. The first kappa shape index (κ1) is 14.6. The van der Waals surface area contributed by atoms with E-state index in [4.69, 9.17) is 4.42 Å². The number of hydrogen-bond acceptors (Lipinski definition) is 6. The first-order chi connectivity index (χ1) is 10.6. The van der Waals surface area contributed by atoms with Crippen molar-refractivity contribution in [3.8, 4) is 0 Å². The average molecular weight is 301 g/mol. The summed E-state index contributed by atoms with van der Waals surface area (Å²) in [6.07, 6.45) is 3.95. The van der Waals surface area contributed by atoms with Crippen molar-refractivity contribution < 1.29 is 9.21 Å². The lowest BCUT2D eigenvalue weighted by molar-refractivity contribution is -0.117. The number of nitrogens with one attached hydrogen (secondary N) is 3. The molecule has 3 heterocycles. The molecule has 0 radical (unpaired) electrons. The Labute approximate surface area is 128 Å². The van der Waals surface area contributed by atoms with E-state index >= 15 is 0 Å². The van der Waals surface area contributed by atoms with Gasteiger partial charge in [0.1, 0.15) is 11.8 Å². The van der Waals surface area contributed by atoms with E-state index in [-0.39, 0.29) is 18.0 Å². The van der Waals surface area contributed by atoms with Crippen LogP contribution in [0.25, 0.3) is 0 Å². The molecular weight excluding hydrogens is 282 g/mol. The molecule has 0 aromatic carbocycles. The first-order valence-corrected chi connectivity index (χ1v) is 7.13. The standard InChI is InChI=1S/C15H19N5O2/c1-20(2)14-10(5-3-7-16-14)17-15(21)12-9-11(18-19-12)13-6-4-8-22-13/h3-8,11-12,18-19H,9H2,1-2H3,(H,17,21). The van der Waals surface area contributed by atoms with Gasteiger partial charge in [0.25, 0.3) is 0 Å². The van der Waals surface area contributed by atoms with Crippen LogP contribution in [0.3, 0.4) is 0 Å². The molecule has 116 valence electrons. The SMILES string of the molecule is CN(C)c1ncccc1NC(=O)C1CC(c2ccco2)NN1. The van der Waals surface area contributed by atoms with Crippen LogP contribution in [0.15, 0.2) is 41.1 Å². The van der Waals surface area contributed by atoms with Crippen molar-refractivity contribution in [3.05, 3.63) is 42.5 Å². The molecule has 3 N–H and O–H groups in total. The van der Waals surface area contributed by atoms with E-state index < -0.39 is 0 Å². The fraction of sp³-hybridized carbons (Fsp3) is 0.333. The predicted octanol–water partition coefficient (Wildman–Crippen LogP) is 1.29. The summed E-state index contributed by atoms with van der Waals surface area (Å²) in [5.41, 5.74) is 6.79. The van der Waals surface area contributed by atoms with Gasteiger partial charge in [-0.15, -0.1) is 0 Å². The molecule has 1 saturated heterocycles. The zero-order valence-corrected chi connectivity index (χ0v) is 12.5. The summed E-state index contributed by atoms with van der Waals surface area (Å²) in [4.78, 5) is 18.6. The van der Waals surface area contributed by atoms with Gasteiger partial charge in [0.2, 0.25) is 5.91 Å². The minimum Gasteiger partial charge on any atom is -0.468 e. The van der Waals surface area contributed by atoms with Crippen LogP contribution < -0.4 is 21.1 Å². The Bertz CT molecular complexity index is 641. The van der Waals surface area contributed by atoms with Gasteiger partial charge < -0.3 is 14.6 Å². The lowest BCUT2D eigenvalue weighted by atomic mass is 10.1.